The number of nitrogens with one attached hydrogen (secondary N) is 1. The van der Waals surface area contributed by atoms with Crippen molar-refractivity contribution in [1.82, 2.24) is 0 Å². The van der Waals surface area contributed by atoms with E-state index in [-0.39, 0.29) is 0 Å². The van der Waals surface area contributed by atoms with Crippen LogP contribution in [-0.4, -0.2) is 14.2 Å². The molecule has 0 aromatic heterocycles. The fourth-order valence-corrected chi connectivity index (χ4v) is 3.14. The summed E-state index contributed by atoms with van der Waals surface area (Å²) in [5, 5.41) is 4.49. The minimum absolute atomic E-state index is 0.516. The molecule has 112 valence electrons. The van der Waals surface area contributed by atoms with Gasteiger partial charge in [-0.3, -0.25) is 0 Å². The van der Waals surface area contributed by atoms with E-state index in [0.717, 1.165) is 14.8 Å². The third kappa shape index (κ3) is 4.08. The zero-order valence-corrected chi connectivity index (χ0v) is 15.2. The van der Waals surface area contributed by atoms with E-state index in [1.807, 2.05) is 30.3 Å². The van der Waals surface area contributed by atoms with Gasteiger partial charge in [0.05, 0.1) is 30.0 Å². The van der Waals surface area contributed by atoms with Crippen molar-refractivity contribution in [2.75, 3.05) is 19.5 Å². The first-order chi connectivity index (χ1) is 10.0. The monoisotopic (exact) mass is 437 g/mol. The maximum absolute atomic E-state index is 6.20. The quantitative estimate of drug-likeness (QED) is 0.650. The third-order valence-electron chi connectivity index (χ3n) is 2.91. The number of hydrogen-bond donors (Lipinski definition) is 1. The van der Waals surface area contributed by atoms with Gasteiger partial charge >= 0.3 is 0 Å². The molecule has 0 bridgehead atoms. The molecule has 0 spiro atoms. The maximum atomic E-state index is 6.20. The number of benzene rings is 2. The molecule has 0 aliphatic heterocycles. The minimum atomic E-state index is 0.516. The van der Waals surface area contributed by atoms with Crippen molar-refractivity contribution in [3.8, 4) is 11.5 Å². The molecule has 0 heterocycles. The average molecular weight is 438 g/mol. The second kappa shape index (κ2) is 7.42. The molecule has 6 heteroatoms. The Bertz CT molecular complexity index is 650. The molecule has 21 heavy (non-hydrogen) atoms. The van der Waals surface area contributed by atoms with Crippen molar-refractivity contribution in [2.24, 2.45) is 0 Å². The lowest BCUT2D eigenvalue weighted by Gasteiger charge is -2.13. The van der Waals surface area contributed by atoms with Crippen molar-refractivity contribution in [3.05, 3.63) is 49.5 Å². The molecule has 3 nitrogen and oxygen atoms in total. The van der Waals surface area contributed by atoms with Gasteiger partial charge < -0.3 is 14.8 Å². The largest absolute Gasteiger partial charge is 0.493 e. The summed E-state index contributed by atoms with van der Waals surface area (Å²) in [6.45, 7) is 0.584. The van der Waals surface area contributed by atoms with Crippen LogP contribution in [0.15, 0.2) is 30.3 Å². The van der Waals surface area contributed by atoms with Crippen molar-refractivity contribution in [2.45, 2.75) is 6.54 Å². The van der Waals surface area contributed by atoms with E-state index in [0.29, 0.717) is 28.1 Å². The zero-order valence-electron chi connectivity index (χ0n) is 11.5. The number of ether oxygens (including phenoxy) is 2. The van der Waals surface area contributed by atoms with E-state index < -0.39 is 0 Å². The fourth-order valence-electron chi connectivity index (χ4n) is 1.90. The molecule has 0 saturated carbocycles. The molecular weight excluding hydrogens is 424 g/mol. The predicted molar refractivity (Wildman–Crippen MR) is 96.1 cm³/mol. The van der Waals surface area contributed by atoms with Gasteiger partial charge in [0.25, 0.3) is 0 Å². The van der Waals surface area contributed by atoms with E-state index in [2.05, 4.69) is 27.9 Å². The Labute approximate surface area is 147 Å². The van der Waals surface area contributed by atoms with Crippen molar-refractivity contribution in [3.63, 3.8) is 0 Å². The summed E-state index contributed by atoms with van der Waals surface area (Å²) in [6.07, 6.45) is 0. The number of halogens is 3. The molecule has 0 radical (unpaired) electrons. The molecule has 2 aromatic carbocycles. The van der Waals surface area contributed by atoms with Crippen molar-refractivity contribution in [1.29, 1.82) is 0 Å². The van der Waals surface area contributed by atoms with Gasteiger partial charge in [-0.05, 0) is 58.5 Å². The highest BCUT2D eigenvalue weighted by Crippen LogP contribution is 2.36. The van der Waals surface area contributed by atoms with Crippen LogP contribution in [0.3, 0.4) is 0 Å². The Morgan fingerprint density at radius 1 is 1.05 bits per heavy atom. The first kappa shape index (κ1) is 16.5. The van der Waals surface area contributed by atoms with Crippen molar-refractivity contribution >= 4 is 51.5 Å². The fraction of sp³-hybridized carbons (Fsp3) is 0.200. The smallest absolute Gasteiger partial charge is 0.179 e. The van der Waals surface area contributed by atoms with Gasteiger partial charge in [-0.15, -0.1) is 0 Å². The topological polar surface area (TPSA) is 30.5 Å². The molecule has 0 saturated heterocycles. The molecule has 0 aliphatic carbocycles. The average Bonchev–Trinajstić information content (AvgIpc) is 2.45. The number of methoxy groups -OCH3 is 2. The first-order valence-corrected chi connectivity index (χ1v) is 7.98. The van der Waals surface area contributed by atoms with E-state index in [1.54, 1.807) is 14.2 Å². The number of anilines is 1. The lowest BCUT2D eigenvalue weighted by atomic mass is 10.2. The van der Waals surface area contributed by atoms with Crippen LogP contribution in [0.5, 0.6) is 11.5 Å². The Balaban J connectivity index is 2.18. The molecule has 0 atom stereocenters. The molecule has 0 aliphatic rings. The highest BCUT2D eigenvalue weighted by Gasteiger charge is 2.11. The van der Waals surface area contributed by atoms with Gasteiger partial charge in [0.1, 0.15) is 0 Å². The summed E-state index contributed by atoms with van der Waals surface area (Å²) in [5.41, 5.74) is 1.86. The SMILES string of the molecule is COc1cc(CNc2ccc(I)cc2Cl)cc(Cl)c1OC. The molecule has 2 rings (SSSR count). The van der Waals surface area contributed by atoms with Crippen LogP contribution in [0.2, 0.25) is 10.0 Å². The van der Waals surface area contributed by atoms with Gasteiger partial charge in [0.15, 0.2) is 11.5 Å². The Morgan fingerprint density at radius 3 is 2.43 bits per heavy atom. The van der Waals surface area contributed by atoms with Gasteiger partial charge in [-0.2, -0.15) is 0 Å². The Kier molecular flexibility index (Phi) is 5.84. The molecule has 2 aromatic rings. The molecule has 1 N–H and O–H groups in total. The highest BCUT2D eigenvalue weighted by molar-refractivity contribution is 14.1. The van der Waals surface area contributed by atoms with E-state index in [9.17, 15) is 0 Å². The molecular formula is C15H14Cl2INO2. The summed E-state index contributed by atoms with van der Waals surface area (Å²) in [7, 11) is 3.15. The minimum Gasteiger partial charge on any atom is -0.493 e. The highest BCUT2D eigenvalue weighted by atomic mass is 127. The lowest BCUT2D eigenvalue weighted by Crippen LogP contribution is -2.01. The number of hydrogen-bond acceptors (Lipinski definition) is 3. The van der Waals surface area contributed by atoms with Crippen LogP contribution >= 0.6 is 45.8 Å². The zero-order chi connectivity index (χ0) is 15.4. The normalized spacial score (nSPS) is 10.3. The summed E-state index contributed by atoms with van der Waals surface area (Å²) >= 11 is 14.6. The second-order valence-electron chi connectivity index (χ2n) is 4.29. The van der Waals surface area contributed by atoms with Crippen LogP contribution in [-0.2, 0) is 6.54 Å². The van der Waals surface area contributed by atoms with E-state index >= 15 is 0 Å². The number of rotatable bonds is 5. The predicted octanol–water partition coefficient (Wildman–Crippen LogP) is 5.23. The summed E-state index contributed by atoms with van der Waals surface area (Å²) < 4.78 is 11.6. The summed E-state index contributed by atoms with van der Waals surface area (Å²) in [6, 6.07) is 9.59. The molecule has 0 unspecified atom stereocenters. The van der Waals surface area contributed by atoms with Crippen LogP contribution in [0, 0.1) is 3.57 Å². The van der Waals surface area contributed by atoms with E-state index in [1.165, 1.54) is 0 Å². The summed E-state index contributed by atoms with van der Waals surface area (Å²) in [5.74, 6) is 1.14. The first-order valence-electron chi connectivity index (χ1n) is 6.14. The summed E-state index contributed by atoms with van der Waals surface area (Å²) in [4.78, 5) is 0. The maximum Gasteiger partial charge on any atom is 0.179 e. The lowest BCUT2D eigenvalue weighted by molar-refractivity contribution is 0.355. The van der Waals surface area contributed by atoms with Gasteiger partial charge in [-0.25, -0.2) is 0 Å². The third-order valence-corrected chi connectivity index (χ3v) is 4.17. The second-order valence-corrected chi connectivity index (χ2v) is 6.35. The van der Waals surface area contributed by atoms with Crippen LogP contribution in [0.1, 0.15) is 5.56 Å². The van der Waals surface area contributed by atoms with E-state index in [4.69, 9.17) is 32.7 Å². The Hall–Kier alpha value is -0.850. The van der Waals surface area contributed by atoms with Crippen LogP contribution in [0.25, 0.3) is 0 Å². The van der Waals surface area contributed by atoms with Gasteiger partial charge in [0.2, 0.25) is 0 Å². The van der Waals surface area contributed by atoms with Gasteiger partial charge in [0, 0.05) is 10.1 Å². The molecule has 0 amide bonds. The van der Waals surface area contributed by atoms with Crippen molar-refractivity contribution < 1.29 is 9.47 Å². The standard InChI is InChI=1S/C15H14Cl2INO2/c1-20-14-6-9(5-12(17)15(14)21-2)8-19-13-4-3-10(18)7-11(13)16/h3-7,19H,8H2,1-2H3. The molecule has 0 fully saturated rings. The van der Waals surface area contributed by atoms with Crippen LogP contribution < -0.4 is 14.8 Å². The van der Waals surface area contributed by atoms with Gasteiger partial charge in [-0.1, -0.05) is 23.2 Å². The Morgan fingerprint density at radius 2 is 1.81 bits per heavy atom. The van der Waals surface area contributed by atoms with Crippen LogP contribution in [0.4, 0.5) is 5.69 Å².